The molecule has 0 fully saturated rings. The van der Waals surface area contributed by atoms with Crippen molar-refractivity contribution in [1.29, 1.82) is 0 Å². The summed E-state index contributed by atoms with van der Waals surface area (Å²) in [6.45, 7) is 9.87. The van der Waals surface area contributed by atoms with Gasteiger partial charge in [0.25, 0.3) is 0 Å². The van der Waals surface area contributed by atoms with Crippen LogP contribution in [0.4, 0.5) is 0 Å². The normalized spacial score (nSPS) is 13.3. The zero-order chi connectivity index (χ0) is 13.5. The summed E-state index contributed by atoms with van der Waals surface area (Å²) < 4.78 is 25.9. The van der Waals surface area contributed by atoms with Crippen molar-refractivity contribution < 1.29 is 8.42 Å². The molecule has 0 aliphatic rings. The third-order valence-electron chi connectivity index (χ3n) is 2.59. The van der Waals surface area contributed by atoms with E-state index in [4.69, 9.17) is 5.73 Å². The lowest BCUT2D eigenvalue weighted by Gasteiger charge is -2.24. The molecule has 0 rings (SSSR count). The number of rotatable bonds is 8. The predicted molar refractivity (Wildman–Crippen MR) is 73.4 cm³/mol. The maximum absolute atomic E-state index is 12.2. The second kappa shape index (κ2) is 7.34. The summed E-state index contributed by atoms with van der Waals surface area (Å²) >= 11 is 0. The van der Waals surface area contributed by atoms with Gasteiger partial charge in [0.1, 0.15) is 0 Å². The van der Waals surface area contributed by atoms with Crippen LogP contribution in [0.5, 0.6) is 0 Å². The van der Waals surface area contributed by atoms with Gasteiger partial charge in [0.15, 0.2) is 0 Å². The first-order valence-corrected chi connectivity index (χ1v) is 8.02. The zero-order valence-corrected chi connectivity index (χ0v) is 12.5. The standard InChI is InChI=1S/C12H28N2O2S/c1-5-9-14(10-6-8-13)17(15,16)11-7-12(2,3)4/h5-11,13H2,1-4H3. The Bertz CT molecular complexity index is 294. The van der Waals surface area contributed by atoms with Gasteiger partial charge in [-0.05, 0) is 31.2 Å². The molecule has 104 valence electrons. The first kappa shape index (κ1) is 16.9. The van der Waals surface area contributed by atoms with Crippen molar-refractivity contribution in [3.63, 3.8) is 0 Å². The molecule has 0 spiro atoms. The fourth-order valence-corrected chi connectivity index (χ4v) is 3.47. The maximum atomic E-state index is 12.2. The molecule has 0 unspecified atom stereocenters. The number of hydrogen-bond donors (Lipinski definition) is 1. The second-order valence-electron chi connectivity index (χ2n) is 5.67. The van der Waals surface area contributed by atoms with E-state index in [2.05, 4.69) is 20.8 Å². The molecule has 0 saturated heterocycles. The summed E-state index contributed by atoms with van der Waals surface area (Å²) in [6.07, 6.45) is 2.27. The van der Waals surface area contributed by atoms with Gasteiger partial charge in [-0.1, -0.05) is 27.7 Å². The number of nitrogens with two attached hydrogens (primary N) is 1. The molecule has 2 N–H and O–H groups in total. The van der Waals surface area contributed by atoms with Crippen molar-refractivity contribution in [2.75, 3.05) is 25.4 Å². The van der Waals surface area contributed by atoms with Crippen molar-refractivity contribution in [2.24, 2.45) is 11.1 Å². The van der Waals surface area contributed by atoms with Crippen molar-refractivity contribution in [2.45, 2.75) is 47.0 Å². The third-order valence-corrected chi connectivity index (χ3v) is 4.46. The van der Waals surface area contributed by atoms with Crippen LogP contribution in [0.2, 0.25) is 0 Å². The Morgan fingerprint density at radius 1 is 1.18 bits per heavy atom. The Balaban J connectivity index is 4.49. The average molecular weight is 264 g/mol. The van der Waals surface area contributed by atoms with Crippen molar-refractivity contribution in [3.05, 3.63) is 0 Å². The van der Waals surface area contributed by atoms with Crippen molar-refractivity contribution in [3.8, 4) is 0 Å². The van der Waals surface area contributed by atoms with Gasteiger partial charge in [-0.15, -0.1) is 0 Å². The first-order valence-electron chi connectivity index (χ1n) is 6.41. The molecule has 0 aliphatic heterocycles. The lowest BCUT2D eigenvalue weighted by molar-refractivity contribution is 0.375. The van der Waals surface area contributed by atoms with E-state index in [1.165, 1.54) is 0 Å². The molecule has 5 heteroatoms. The summed E-state index contributed by atoms with van der Waals surface area (Å²) in [4.78, 5) is 0. The SMILES string of the molecule is CCCN(CCCN)S(=O)(=O)CCC(C)(C)C. The average Bonchev–Trinajstić information content (AvgIpc) is 2.20. The molecular weight excluding hydrogens is 236 g/mol. The van der Waals surface area contributed by atoms with E-state index in [1.807, 2.05) is 6.92 Å². The summed E-state index contributed by atoms with van der Waals surface area (Å²) in [5.74, 6) is 0.237. The molecule has 0 aliphatic carbocycles. The van der Waals surface area contributed by atoms with Gasteiger partial charge in [-0.3, -0.25) is 0 Å². The van der Waals surface area contributed by atoms with Crippen LogP contribution in [-0.2, 0) is 10.0 Å². The van der Waals surface area contributed by atoms with Crippen LogP contribution in [0.1, 0.15) is 47.0 Å². The van der Waals surface area contributed by atoms with Crippen molar-refractivity contribution >= 4 is 10.0 Å². The fourth-order valence-electron chi connectivity index (χ4n) is 1.47. The van der Waals surface area contributed by atoms with Crippen LogP contribution < -0.4 is 5.73 Å². The van der Waals surface area contributed by atoms with E-state index in [0.29, 0.717) is 26.1 Å². The van der Waals surface area contributed by atoms with Crippen LogP contribution in [-0.4, -0.2) is 38.1 Å². The highest BCUT2D eigenvalue weighted by molar-refractivity contribution is 7.89. The van der Waals surface area contributed by atoms with Gasteiger partial charge in [-0.25, -0.2) is 12.7 Å². The molecule has 0 saturated carbocycles. The number of nitrogens with zero attached hydrogens (tertiary/aromatic N) is 1. The maximum Gasteiger partial charge on any atom is 0.214 e. The zero-order valence-electron chi connectivity index (χ0n) is 11.7. The summed E-state index contributed by atoms with van der Waals surface area (Å²) in [5, 5.41) is 0. The van der Waals surface area contributed by atoms with Crippen LogP contribution in [0, 0.1) is 5.41 Å². The predicted octanol–water partition coefficient (Wildman–Crippen LogP) is 1.81. The van der Waals surface area contributed by atoms with Crippen LogP contribution >= 0.6 is 0 Å². The Labute approximate surface area is 107 Å². The minimum absolute atomic E-state index is 0.0544. The molecule has 0 aromatic carbocycles. The minimum atomic E-state index is -3.11. The molecule has 0 amide bonds. The van der Waals surface area contributed by atoms with E-state index in [0.717, 1.165) is 12.8 Å². The number of hydrogen-bond acceptors (Lipinski definition) is 3. The smallest absolute Gasteiger partial charge is 0.214 e. The van der Waals surface area contributed by atoms with Gasteiger partial charge in [0.2, 0.25) is 10.0 Å². The van der Waals surface area contributed by atoms with Crippen LogP contribution in [0.15, 0.2) is 0 Å². The Morgan fingerprint density at radius 2 is 1.76 bits per heavy atom. The molecular formula is C12H28N2O2S. The molecule has 0 aromatic heterocycles. The summed E-state index contributed by atoms with van der Waals surface area (Å²) in [5.41, 5.74) is 5.49. The highest BCUT2D eigenvalue weighted by Gasteiger charge is 2.23. The third kappa shape index (κ3) is 7.73. The lowest BCUT2D eigenvalue weighted by atomic mass is 9.94. The van der Waals surface area contributed by atoms with Crippen LogP contribution in [0.25, 0.3) is 0 Å². The second-order valence-corrected chi connectivity index (χ2v) is 7.76. The molecule has 4 nitrogen and oxygen atoms in total. The molecule has 0 heterocycles. The van der Waals surface area contributed by atoms with Gasteiger partial charge >= 0.3 is 0 Å². The molecule has 0 aromatic rings. The van der Waals surface area contributed by atoms with Crippen LogP contribution in [0.3, 0.4) is 0 Å². The Hall–Kier alpha value is -0.130. The van der Waals surface area contributed by atoms with E-state index < -0.39 is 10.0 Å². The topological polar surface area (TPSA) is 63.4 Å². The molecule has 0 bridgehead atoms. The largest absolute Gasteiger partial charge is 0.330 e. The van der Waals surface area contributed by atoms with E-state index in [-0.39, 0.29) is 11.2 Å². The van der Waals surface area contributed by atoms with E-state index in [1.54, 1.807) is 4.31 Å². The highest BCUT2D eigenvalue weighted by Crippen LogP contribution is 2.20. The van der Waals surface area contributed by atoms with Gasteiger partial charge in [0.05, 0.1) is 5.75 Å². The van der Waals surface area contributed by atoms with E-state index >= 15 is 0 Å². The highest BCUT2D eigenvalue weighted by atomic mass is 32.2. The van der Waals surface area contributed by atoms with Crippen molar-refractivity contribution in [1.82, 2.24) is 4.31 Å². The molecule has 0 radical (unpaired) electrons. The summed E-state index contributed by atoms with van der Waals surface area (Å²) in [6, 6.07) is 0. The monoisotopic (exact) mass is 264 g/mol. The van der Waals surface area contributed by atoms with Gasteiger partial charge in [0, 0.05) is 13.1 Å². The molecule has 0 atom stereocenters. The van der Waals surface area contributed by atoms with E-state index in [9.17, 15) is 8.42 Å². The lowest BCUT2D eigenvalue weighted by Crippen LogP contribution is -2.36. The Morgan fingerprint density at radius 3 is 2.18 bits per heavy atom. The minimum Gasteiger partial charge on any atom is -0.330 e. The van der Waals surface area contributed by atoms with Gasteiger partial charge in [-0.2, -0.15) is 0 Å². The number of sulfonamides is 1. The quantitative estimate of drug-likeness (QED) is 0.727. The fraction of sp³-hybridized carbons (Fsp3) is 1.00. The first-order chi connectivity index (χ1) is 7.73. The Kier molecular flexibility index (Phi) is 7.28. The summed E-state index contributed by atoms with van der Waals surface area (Å²) in [7, 11) is -3.11. The van der Waals surface area contributed by atoms with Gasteiger partial charge < -0.3 is 5.73 Å². The molecule has 17 heavy (non-hydrogen) atoms.